The molecule has 3 nitrogen and oxygen atoms in total. The lowest BCUT2D eigenvalue weighted by atomic mass is 10.2. The Labute approximate surface area is 122 Å². The third kappa shape index (κ3) is 3.18. The van der Waals surface area contributed by atoms with Gasteiger partial charge in [-0.3, -0.25) is 4.68 Å². The zero-order chi connectivity index (χ0) is 13.8. The highest BCUT2D eigenvalue weighted by Crippen LogP contribution is 2.24. The van der Waals surface area contributed by atoms with Crippen LogP contribution in [-0.4, -0.2) is 16.9 Å². The highest BCUT2D eigenvalue weighted by Gasteiger charge is 2.09. The molecule has 0 saturated carbocycles. The van der Waals surface area contributed by atoms with Crippen molar-refractivity contribution in [3.63, 3.8) is 0 Å². The topological polar surface area (TPSA) is 27.1 Å². The van der Waals surface area contributed by atoms with Gasteiger partial charge in [0, 0.05) is 15.7 Å². The number of aromatic nitrogens is 2. The minimum atomic E-state index is 0.742. The van der Waals surface area contributed by atoms with Gasteiger partial charge in [0.15, 0.2) is 0 Å². The third-order valence-corrected chi connectivity index (χ3v) is 3.69. The Hall–Kier alpha value is -1.29. The van der Waals surface area contributed by atoms with Crippen molar-refractivity contribution in [1.82, 2.24) is 9.78 Å². The first-order valence-corrected chi connectivity index (χ1v) is 7.35. The molecule has 102 valence electrons. The fourth-order valence-electron chi connectivity index (χ4n) is 2.14. The van der Waals surface area contributed by atoms with E-state index < -0.39 is 0 Å². The molecule has 0 bridgehead atoms. The maximum atomic E-state index is 5.42. The van der Waals surface area contributed by atoms with Crippen LogP contribution in [0.3, 0.4) is 0 Å². The van der Waals surface area contributed by atoms with Crippen molar-refractivity contribution >= 4 is 15.9 Å². The molecule has 0 amide bonds. The minimum absolute atomic E-state index is 0.742. The highest BCUT2D eigenvalue weighted by atomic mass is 79.9. The number of hydrogen-bond donors (Lipinski definition) is 0. The van der Waals surface area contributed by atoms with Crippen molar-refractivity contribution in [3.8, 4) is 5.75 Å². The second kappa shape index (κ2) is 6.24. The van der Waals surface area contributed by atoms with Crippen LogP contribution >= 0.6 is 15.9 Å². The molecule has 0 aliphatic carbocycles. The van der Waals surface area contributed by atoms with Gasteiger partial charge in [-0.15, -0.1) is 0 Å². The molecule has 0 atom stereocenters. The number of hydrogen-bond acceptors (Lipinski definition) is 2. The first-order valence-electron chi connectivity index (χ1n) is 6.56. The van der Waals surface area contributed by atoms with Crippen molar-refractivity contribution in [2.24, 2.45) is 0 Å². The quantitative estimate of drug-likeness (QED) is 0.836. The van der Waals surface area contributed by atoms with Gasteiger partial charge in [0.25, 0.3) is 0 Å². The van der Waals surface area contributed by atoms with Crippen molar-refractivity contribution in [3.05, 3.63) is 45.7 Å². The Morgan fingerprint density at radius 1 is 1.21 bits per heavy atom. The lowest BCUT2D eigenvalue weighted by molar-refractivity contribution is 0.407. The van der Waals surface area contributed by atoms with Gasteiger partial charge in [-0.25, -0.2) is 0 Å². The summed E-state index contributed by atoms with van der Waals surface area (Å²) in [6.45, 7) is 5.03. The molecular weight excluding hydrogens is 304 g/mol. The maximum Gasteiger partial charge on any atom is 0.124 e. The van der Waals surface area contributed by atoms with Crippen LogP contribution in [0.2, 0.25) is 0 Å². The summed E-state index contributed by atoms with van der Waals surface area (Å²) in [6, 6.07) is 8.24. The Kier molecular flexibility index (Phi) is 4.64. The van der Waals surface area contributed by atoms with Gasteiger partial charge in [0.05, 0.1) is 19.3 Å². The average Bonchev–Trinajstić information content (AvgIpc) is 2.81. The molecule has 1 aromatic carbocycles. The van der Waals surface area contributed by atoms with Crippen LogP contribution in [0.4, 0.5) is 0 Å². The predicted molar refractivity (Wildman–Crippen MR) is 80.8 cm³/mol. The van der Waals surface area contributed by atoms with Crippen LogP contribution in [0.1, 0.15) is 30.8 Å². The molecule has 2 aromatic rings. The molecular formula is C15H19BrN2O. The van der Waals surface area contributed by atoms with E-state index in [-0.39, 0.29) is 0 Å². The fourth-order valence-corrected chi connectivity index (χ4v) is 2.55. The molecule has 0 aliphatic heterocycles. The van der Waals surface area contributed by atoms with Crippen molar-refractivity contribution in [2.45, 2.75) is 33.2 Å². The van der Waals surface area contributed by atoms with E-state index in [9.17, 15) is 0 Å². The molecule has 0 unspecified atom stereocenters. The van der Waals surface area contributed by atoms with Crippen LogP contribution in [0.25, 0.3) is 0 Å². The number of benzene rings is 1. The Bertz CT molecular complexity index is 563. The van der Waals surface area contributed by atoms with Gasteiger partial charge in [0.1, 0.15) is 5.75 Å². The van der Waals surface area contributed by atoms with Gasteiger partial charge in [0.2, 0.25) is 0 Å². The van der Waals surface area contributed by atoms with Gasteiger partial charge in [-0.1, -0.05) is 29.8 Å². The second-order valence-electron chi connectivity index (χ2n) is 4.45. The summed E-state index contributed by atoms with van der Waals surface area (Å²) in [5.74, 6) is 0.902. The number of ether oxygens (including phenoxy) is 1. The Morgan fingerprint density at radius 3 is 2.63 bits per heavy atom. The highest BCUT2D eigenvalue weighted by molar-refractivity contribution is 9.10. The van der Waals surface area contributed by atoms with Gasteiger partial charge in [-0.05, 0) is 37.1 Å². The van der Waals surface area contributed by atoms with Gasteiger partial charge in [-0.2, -0.15) is 5.10 Å². The zero-order valence-electron chi connectivity index (χ0n) is 11.6. The van der Waals surface area contributed by atoms with E-state index in [2.05, 4.69) is 51.7 Å². The first-order chi connectivity index (χ1) is 9.17. The molecule has 0 radical (unpaired) electrons. The van der Waals surface area contributed by atoms with Crippen molar-refractivity contribution < 1.29 is 4.74 Å². The summed E-state index contributed by atoms with van der Waals surface area (Å²) in [7, 11) is 1.70. The summed E-state index contributed by atoms with van der Waals surface area (Å²) in [5.41, 5.74) is 3.54. The summed E-state index contributed by atoms with van der Waals surface area (Å²) in [5, 5.41) is 4.65. The van der Waals surface area contributed by atoms with Crippen LogP contribution < -0.4 is 4.74 Å². The first kappa shape index (κ1) is 14.1. The van der Waals surface area contributed by atoms with E-state index in [1.165, 1.54) is 5.69 Å². The Morgan fingerprint density at radius 2 is 2.00 bits per heavy atom. The molecule has 0 saturated heterocycles. The van der Waals surface area contributed by atoms with E-state index in [1.54, 1.807) is 7.11 Å². The lowest BCUT2D eigenvalue weighted by Crippen LogP contribution is -2.07. The van der Waals surface area contributed by atoms with Crippen molar-refractivity contribution in [1.29, 1.82) is 0 Å². The minimum Gasteiger partial charge on any atom is -0.496 e. The molecule has 0 spiro atoms. The largest absolute Gasteiger partial charge is 0.496 e. The third-order valence-electron chi connectivity index (χ3n) is 3.20. The van der Waals surface area contributed by atoms with Crippen LogP contribution in [-0.2, 0) is 19.4 Å². The number of nitrogens with zero attached hydrogens (tertiary/aromatic N) is 2. The van der Waals surface area contributed by atoms with E-state index in [0.717, 1.165) is 40.9 Å². The number of methoxy groups -OCH3 is 1. The molecule has 1 aromatic heterocycles. The zero-order valence-corrected chi connectivity index (χ0v) is 13.2. The van der Waals surface area contributed by atoms with Crippen LogP contribution in [0.15, 0.2) is 28.7 Å². The predicted octanol–water partition coefficient (Wildman–Crippen LogP) is 3.83. The molecule has 19 heavy (non-hydrogen) atoms. The summed E-state index contributed by atoms with van der Waals surface area (Å²) in [4.78, 5) is 0. The SMILES string of the molecule is CCc1cc(CC)n(Cc2cc(Br)ccc2OC)n1. The fraction of sp³-hybridized carbons (Fsp3) is 0.400. The standard InChI is InChI=1S/C15H19BrN2O/c1-4-13-9-14(5-2)18(17-13)10-11-8-12(16)6-7-15(11)19-3/h6-9H,4-5,10H2,1-3H3. The Balaban J connectivity index is 2.34. The molecule has 0 N–H and O–H groups in total. The monoisotopic (exact) mass is 322 g/mol. The van der Waals surface area contributed by atoms with E-state index in [4.69, 9.17) is 4.74 Å². The molecule has 4 heteroatoms. The number of halogens is 1. The van der Waals surface area contributed by atoms with Gasteiger partial charge >= 0.3 is 0 Å². The molecule has 0 fully saturated rings. The van der Waals surface area contributed by atoms with Crippen LogP contribution in [0.5, 0.6) is 5.75 Å². The summed E-state index contributed by atoms with van der Waals surface area (Å²) < 4.78 is 8.55. The summed E-state index contributed by atoms with van der Waals surface area (Å²) in [6.07, 6.45) is 1.96. The average molecular weight is 323 g/mol. The van der Waals surface area contributed by atoms with E-state index >= 15 is 0 Å². The second-order valence-corrected chi connectivity index (χ2v) is 5.36. The van der Waals surface area contributed by atoms with E-state index in [1.807, 2.05) is 12.1 Å². The van der Waals surface area contributed by atoms with Crippen LogP contribution in [0, 0.1) is 0 Å². The lowest BCUT2D eigenvalue weighted by Gasteiger charge is -2.11. The summed E-state index contributed by atoms with van der Waals surface area (Å²) >= 11 is 3.51. The van der Waals surface area contributed by atoms with Crippen molar-refractivity contribution in [2.75, 3.05) is 7.11 Å². The molecule has 2 rings (SSSR count). The molecule has 1 heterocycles. The van der Waals surface area contributed by atoms with E-state index in [0.29, 0.717) is 0 Å². The molecule has 0 aliphatic rings. The van der Waals surface area contributed by atoms with Gasteiger partial charge < -0.3 is 4.74 Å². The maximum absolute atomic E-state index is 5.42. The number of rotatable bonds is 5. The normalized spacial score (nSPS) is 10.7. The smallest absolute Gasteiger partial charge is 0.124 e. The number of aryl methyl sites for hydroxylation is 2.